The van der Waals surface area contributed by atoms with Gasteiger partial charge in [0.2, 0.25) is 10.0 Å². The summed E-state index contributed by atoms with van der Waals surface area (Å²) in [6, 6.07) is 5.35. The number of aromatic carboxylic acids is 1. The number of hydrogen-bond donors (Lipinski definition) is 2. The van der Waals surface area contributed by atoms with E-state index in [1.165, 1.54) is 28.6 Å². The molecule has 1 aliphatic heterocycles. The summed E-state index contributed by atoms with van der Waals surface area (Å²) in [4.78, 5) is 22.8. The highest BCUT2D eigenvalue weighted by Gasteiger charge is 2.31. The lowest BCUT2D eigenvalue weighted by atomic mass is 10.1. The lowest BCUT2D eigenvalue weighted by Crippen LogP contribution is -2.42. The fourth-order valence-corrected chi connectivity index (χ4v) is 3.71. The first kappa shape index (κ1) is 16.4. The van der Waals surface area contributed by atoms with Crippen LogP contribution in [0.5, 0.6) is 0 Å². The third-order valence-corrected chi connectivity index (χ3v) is 4.97. The Bertz CT molecular complexity index is 669. The van der Waals surface area contributed by atoms with Crippen LogP contribution >= 0.6 is 0 Å². The second-order valence-corrected chi connectivity index (χ2v) is 7.20. The fraction of sp³-hybridized carbons (Fsp3) is 0.429. The van der Waals surface area contributed by atoms with Gasteiger partial charge in [-0.05, 0) is 37.1 Å². The van der Waals surface area contributed by atoms with Crippen molar-refractivity contribution < 1.29 is 23.1 Å². The SMILES string of the molecule is CS(=O)(=O)N1CCC[C@@H]1CNC(=O)c1ccc(C(=O)O)cc1. The van der Waals surface area contributed by atoms with Crippen LogP contribution in [-0.2, 0) is 10.0 Å². The van der Waals surface area contributed by atoms with Gasteiger partial charge in [-0.25, -0.2) is 13.2 Å². The van der Waals surface area contributed by atoms with Crippen molar-refractivity contribution in [2.24, 2.45) is 0 Å². The number of nitrogens with one attached hydrogen (secondary N) is 1. The van der Waals surface area contributed by atoms with Crippen molar-refractivity contribution in [1.82, 2.24) is 9.62 Å². The Kier molecular flexibility index (Phi) is 4.82. The molecule has 2 N–H and O–H groups in total. The number of hydrogen-bond acceptors (Lipinski definition) is 4. The largest absolute Gasteiger partial charge is 0.478 e. The molecule has 0 aliphatic carbocycles. The first-order valence-corrected chi connectivity index (χ1v) is 8.72. The van der Waals surface area contributed by atoms with Crippen molar-refractivity contribution in [3.05, 3.63) is 35.4 Å². The number of carbonyl (C=O) groups is 2. The molecule has 8 heteroatoms. The lowest BCUT2D eigenvalue weighted by Gasteiger charge is -2.22. The van der Waals surface area contributed by atoms with Crippen LogP contribution in [-0.4, -0.2) is 55.1 Å². The average Bonchev–Trinajstić information content (AvgIpc) is 2.93. The van der Waals surface area contributed by atoms with Crippen LogP contribution in [0.1, 0.15) is 33.6 Å². The monoisotopic (exact) mass is 326 g/mol. The van der Waals surface area contributed by atoms with Gasteiger partial charge >= 0.3 is 5.97 Å². The summed E-state index contributed by atoms with van der Waals surface area (Å²) in [6.07, 6.45) is 2.66. The molecule has 1 fully saturated rings. The van der Waals surface area contributed by atoms with E-state index >= 15 is 0 Å². The Hall–Kier alpha value is -1.93. The molecule has 1 aromatic carbocycles. The van der Waals surface area contributed by atoms with Gasteiger partial charge in [-0.1, -0.05) is 0 Å². The Balaban J connectivity index is 1.96. The summed E-state index contributed by atoms with van der Waals surface area (Å²) >= 11 is 0. The molecule has 1 aliphatic rings. The Morgan fingerprint density at radius 1 is 1.27 bits per heavy atom. The standard InChI is InChI=1S/C14H18N2O5S/c1-22(20,21)16-8-2-3-12(16)9-15-13(17)10-4-6-11(7-5-10)14(18)19/h4-7,12H,2-3,8-9H2,1H3,(H,15,17)(H,18,19)/t12-/m1/s1. The van der Waals surface area contributed by atoms with E-state index in [1.807, 2.05) is 0 Å². The summed E-state index contributed by atoms with van der Waals surface area (Å²) in [5.74, 6) is -1.40. The maximum atomic E-state index is 12.0. The van der Waals surface area contributed by atoms with Gasteiger partial charge in [-0.3, -0.25) is 4.79 Å². The van der Waals surface area contributed by atoms with Gasteiger partial charge in [0.15, 0.2) is 0 Å². The molecular weight excluding hydrogens is 308 g/mol. The van der Waals surface area contributed by atoms with Gasteiger partial charge in [0.25, 0.3) is 5.91 Å². The quantitative estimate of drug-likeness (QED) is 0.822. The summed E-state index contributed by atoms with van der Waals surface area (Å²) in [5.41, 5.74) is 0.449. The van der Waals surface area contributed by atoms with Crippen molar-refractivity contribution in [2.75, 3.05) is 19.3 Å². The van der Waals surface area contributed by atoms with E-state index in [9.17, 15) is 18.0 Å². The van der Waals surface area contributed by atoms with Crippen molar-refractivity contribution in [2.45, 2.75) is 18.9 Å². The van der Waals surface area contributed by atoms with E-state index in [2.05, 4.69) is 5.32 Å². The third-order valence-electron chi connectivity index (χ3n) is 3.64. The van der Waals surface area contributed by atoms with Crippen LogP contribution in [0.25, 0.3) is 0 Å². The fourth-order valence-electron chi connectivity index (χ4n) is 2.53. The van der Waals surface area contributed by atoms with Gasteiger partial charge in [0.1, 0.15) is 0 Å². The number of rotatable bonds is 5. The molecule has 2 rings (SSSR count). The number of carboxylic acid groups (broad SMARTS) is 1. The van der Waals surface area contributed by atoms with E-state index in [4.69, 9.17) is 5.11 Å². The van der Waals surface area contributed by atoms with E-state index in [0.717, 1.165) is 12.7 Å². The predicted molar refractivity (Wildman–Crippen MR) is 80.3 cm³/mol. The highest BCUT2D eigenvalue weighted by Crippen LogP contribution is 2.19. The number of nitrogens with zero attached hydrogens (tertiary/aromatic N) is 1. The van der Waals surface area contributed by atoms with Crippen molar-refractivity contribution in [3.8, 4) is 0 Å². The molecule has 1 saturated heterocycles. The molecular formula is C14H18N2O5S. The molecule has 7 nitrogen and oxygen atoms in total. The van der Waals surface area contributed by atoms with Crippen LogP contribution < -0.4 is 5.32 Å². The van der Waals surface area contributed by atoms with E-state index in [1.54, 1.807) is 0 Å². The second-order valence-electron chi connectivity index (χ2n) is 5.26. The molecule has 1 atom stereocenters. The molecule has 1 heterocycles. The number of amides is 1. The molecule has 1 amide bonds. The van der Waals surface area contributed by atoms with Gasteiger partial charge in [-0.2, -0.15) is 4.31 Å². The van der Waals surface area contributed by atoms with E-state index in [0.29, 0.717) is 18.5 Å². The van der Waals surface area contributed by atoms with Gasteiger partial charge in [0.05, 0.1) is 11.8 Å². The maximum absolute atomic E-state index is 12.0. The average molecular weight is 326 g/mol. The minimum absolute atomic E-state index is 0.107. The lowest BCUT2D eigenvalue weighted by molar-refractivity contribution is 0.0696. The molecule has 0 spiro atoms. The Morgan fingerprint density at radius 3 is 2.41 bits per heavy atom. The zero-order chi connectivity index (χ0) is 16.3. The summed E-state index contributed by atoms with van der Waals surface area (Å²) in [6.45, 7) is 0.721. The summed E-state index contributed by atoms with van der Waals surface area (Å²) in [5, 5.41) is 11.5. The third kappa shape index (κ3) is 3.83. The summed E-state index contributed by atoms with van der Waals surface area (Å²) < 4.78 is 24.6. The minimum atomic E-state index is -3.26. The highest BCUT2D eigenvalue weighted by molar-refractivity contribution is 7.88. The molecule has 0 saturated carbocycles. The normalized spacial score (nSPS) is 19.0. The van der Waals surface area contributed by atoms with Crippen molar-refractivity contribution in [3.63, 3.8) is 0 Å². The maximum Gasteiger partial charge on any atom is 0.335 e. The number of carbonyl (C=O) groups excluding carboxylic acids is 1. The first-order valence-electron chi connectivity index (χ1n) is 6.87. The Labute approximate surface area is 129 Å². The van der Waals surface area contributed by atoms with Crippen LogP contribution in [0.3, 0.4) is 0 Å². The smallest absolute Gasteiger partial charge is 0.335 e. The van der Waals surface area contributed by atoms with E-state index < -0.39 is 16.0 Å². The van der Waals surface area contributed by atoms with Gasteiger partial charge < -0.3 is 10.4 Å². The van der Waals surface area contributed by atoms with Crippen LogP contribution in [0.15, 0.2) is 24.3 Å². The zero-order valence-corrected chi connectivity index (χ0v) is 13.0. The summed E-state index contributed by atoms with van der Waals surface area (Å²) in [7, 11) is -3.26. The number of sulfonamides is 1. The first-order chi connectivity index (χ1) is 10.3. The second kappa shape index (κ2) is 6.45. The van der Waals surface area contributed by atoms with Crippen molar-refractivity contribution in [1.29, 1.82) is 0 Å². The van der Waals surface area contributed by atoms with Crippen LogP contribution in [0.4, 0.5) is 0 Å². The molecule has 0 unspecified atom stereocenters. The molecule has 0 aromatic heterocycles. The van der Waals surface area contributed by atoms with Crippen LogP contribution in [0.2, 0.25) is 0 Å². The highest BCUT2D eigenvalue weighted by atomic mass is 32.2. The van der Waals surface area contributed by atoms with Gasteiger partial charge in [0, 0.05) is 24.7 Å². The number of carboxylic acids is 1. The van der Waals surface area contributed by atoms with Crippen molar-refractivity contribution >= 4 is 21.9 Å². The molecule has 120 valence electrons. The molecule has 1 aromatic rings. The predicted octanol–water partition coefficient (Wildman–Crippen LogP) is 0.539. The molecule has 22 heavy (non-hydrogen) atoms. The topological polar surface area (TPSA) is 104 Å². The minimum Gasteiger partial charge on any atom is -0.478 e. The molecule has 0 radical (unpaired) electrons. The molecule has 0 bridgehead atoms. The van der Waals surface area contributed by atoms with E-state index in [-0.39, 0.29) is 24.1 Å². The zero-order valence-electron chi connectivity index (χ0n) is 12.2. The van der Waals surface area contributed by atoms with Crippen LogP contribution in [0, 0.1) is 0 Å². The number of benzene rings is 1. The van der Waals surface area contributed by atoms with Gasteiger partial charge in [-0.15, -0.1) is 0 Å². The Morgan fingerprint density at radius 2 is 1.86 bits per heavy atom.